The number of esters is 1. The molecule has 0 saturated carbocycles. The summed E-state index contributed by atoms with van der Waals surface area (Å²) in [5, 5.41) is 0. The molecule has 0 spiro atoms. The van der Waals surface area contributed by atoms with Crippen LogP contribution in [-0.4, -0.2) is 17.6 Å². The number of benzene rings is 1. The number of rotatable bonds is 4. The number of aromatic nitrogens is 1. The molecule has 0 aliphatic rings. The van der Waals surface area contributed by atoms with Crippen molar-refractivity contribution in [1.29, 1.82) is 0 Å². The number of alkyl halides is 2. The van der Waals surface area contributed by atoms with Crippen LogP contribution >= 0.6 is 15.9 Å². The predicted octanol–water partition coefficient (Wildman–Crippen LogP) is 4.36. The van der Waals surface area contributed by atoms with Crippen LogP contribution in [0.25, 0.3) is 11.5 Å². The average molecular weight is 364 g/mol. The van der Waals surface area contributed by atoms with Crippen LogP contribution in [0.1, 0.15) is 29.6 Å². The van der Waals surface area contributed by atoms with Crippen molar-refractivity contribution in [3.05, 3.63) is 39.9 Å². The van der Waals surface area contributed by atoms with Crippen LogP contribution in [0.2, 0.25) is 0 Å². The lowest BCUT2D eigenvalue weighted by Gasteiger charge is -2.00. The van der Waals surface area contributed by atoms with Gasteiger partial charge in [-0.3, -0.25) is 0 Å². The summed E-state index contributed by atoms with van der Waals surface area (Å²) in [5.74, 6) is -2.91. The summed E-state index contributed by atoms with van der Waals surface area (Å²) in [5.41, 5.74) is -1.01. The zero-order valence-electron chi connectivity index (χ0n) is 10.7. The molecule has 21 heavy (non-hydrogen) atoms. The Labute approximate surface area is 126 Å². The molecule has 112 valence electrons. The van der Waals surface area contributed by atoms with Gasteiger partial charge >= 0.3 is 5.97 Å². The Balaban J connectivity index is 2.53. The standard InChI is InChI=1S/C13H9BrF3NO3/c1-2-20-13(19)10-9(11(16)17)18-12(21-10)7-5-6(14)3-4-8(7)15/h3-5,11H,2H2,1H3. The van der Waals surface area contributed by atoms with Crippen LogP contribution in [0.5, 0.6) is 0 Å². The van der Waals surface area contributed by atoms with Crippen LogP contribution < -0.4 is 0 Å². The Kier molecular flexibility index (Phi) is 4.66. The summed E-state index contributed by atoms with van der Waals surface area (Å²) in [6.07, 6.45) is -3.04. The molecule has 0 aliphatic carbocycles. The largest absolute Gasteiger partial charge is 0.460 e. The highest BCUT2D eigenvalue weighted by Gasteiger charge is 2.28. The van der Waals surface area contributed by atoms with Gasteiger partial charge in [0.1, 0.15) is 5.82 Å². The van der Waals surface area contributed by atoms with Crippen molar-refractivity contribution >= 4 is 21.9 Å². The van der Waals surface area contributed by atoms with E-state index in [0.717, 1.165) is 6.07 Å². The number of oxazole rings is 1. The molecule has 0 atom stereocenters. The van der Waals surface area contributed by atoms with Gasteiger partial charge in [0, 0.05) is 4.47 Å². The lowest BCUT2D eigenvalue weighted by atomic mass is 10.2. The number of nitrogens with zero attached hydrogens (tertiary/aromatic N) is 1. The van der Waals surface area contributed by atoms with Gasteiger partial charge in [-0.2, -0.15) is 0 Å². The summed E-state index contributed by atoms with van der Waals surface area (Å²) >= 11 is 3.13. The third-order valence-electron chi connectivity index (χ3n) is 2.48. The second kappa shape index (κ2) is 6.30. The maximum atomic E-state index is 13.7. The van der Waals surface area contributed by atoms with Gasteiger partial charge < -0.3 is 9.15 Å². The van der Waals surface area contributed by atoms with Crippen LogP contribution in [0.3, 0.4) is 0 Å². The van der Waals surface area contributed by atoms with E-state index in [1.807, 2.05) is 0 Å². The fourth-order valence-corrected chi connectivity index (χ4v) is 1.96. The third-order valence-corrected chi connectivity index (χ3v) is 2.97. The highest BCUT2D eigenvalue weighted by molar-refractivity contribution is 9.10. The molecule has 4 nitrogen and oxygen atoms in total. The Morgan fingerprint density at radius 3 is 2.81 bits per heavy atom. The Morgan fingerprint density at radius 1 is 1.48 bits per heavy atom. The van der Waals surface area contributed by atoms with Crippen molar-refractivity contribution < 1.29 is 27.1 Å². The number of carbonyl (C=O) groups is 1. The predicted molar refractivity (Wildman–Crippen MR) is 70.5 cm³/mol. The van der Waals surface area contributed by atoms with E-state index in [1.54, 1.807) is 0 Å². The fourth-order valence-electron chi connectivity index (χ4n) is 1.60. The van der Waals surface area contributed by atoms with E-state index in [4.69, 9.17) is 4.42 Å². The molecule has 0 amide bonds. The molecule has 0 fully saturated rings. The third kappa shape index (κ3) is 3.26. The molecule has 0 unspecified atom stereocenters. The number of hydrogen-bond donors (Lipinski definition) is 0. The van der Waals surface area contributed by atoms with Crippen LogP contribution in [0.15, 0.2) is 27.1 Å². The minimum absolute atomic E-state index is 0.0111. The molecular weight excluding hydrogens is 355 g/mol. The molecule has 1 aromatic heterocycles. The first kappa shape index (κ1) is 15.6. The van der Waals surface area contributed by atoms with E-state index in [2.05, 4.69) is 25.7 Å². The Hall–Kier alpha value is -1.83. The zero-order valence-corrected chi connectivity index (χ0v) is 12.3. The second-order valence-electron chi connectivity index (χ2n) is 3.88. The van der Waals surface area contributed by atoms with Crippen molar-refractivity contribution in [2.45, 2.75) is 13.3 Å². The van der Waals surface area contributed by atoms with Gasteiger partial charge in [0.05, 0.1) is 12.2 Å². The van der Waals surface area contributed by atoms with Crippen molar-refractivity contribution in [3.63, 3.8) is 0 Å². The van der Waals surface area contributed by atoms with E-state index in [-0.39, 0.29) is 12.2 Å². The van der Waals surface area contributed by atoms with Crippen LogP contribution in [0, 0.1) is 5.82 Å². The summed E-state index contributed by atoms with van der Waals surface area (Å²) < 4.78 is 49.6. The smallest absolute Gasteiger partial charge is 0.376 e. The molecule has 0 saturated heterocycles. The van der Waals surface area contributed by atoms with Crippen molar-refractivity contribution in [2.24, 2.45) is 0 Å². The van der Waals surface area contributed by atoms with Gasteiger partial charge in [0.2, 0.25) is 11.7 Å². The molecule has 2 rings (SSSR count). The number of ether oxygens (including phenoxy) is 1. The van der Waals surface area contributed by atoms with Crippen molar-refractivity contribution in [1.82, 2.24) is 4.98 Å². The van der Waals surface area contributed by atoms with E-state index in [1.165, 1.54) is 19.1 Å². The highest BCUT2D eigenvalue weighted by Crippen LogP contribution is 2.31. The number of carbonyl (C=O) groups excluding carboxylic acids is 1. The van der Waals surface area contributed by atoms with Gasteiger partial charge in [0.25, 0.3) is 6.43 Å². The second-order valence-corrected chi connectivity index (χ2v) is 4.79. The van der Waals surface area contributed by atoms with Crippen LogP contribution in [0.4, 0.5) is 13.2 Å². The first-order valence-corrected chi connectivity index (χ1v) is 6.64. The summed E-state index contributed by atoms with van der Waals surface area (Å²) in [6.45, 7) is 1.51. The van der Waals surface area contributed by atoms with Crippen molar-refractivity contribution in [3.8, 4) is 11.5 Å². The van der Waals surface area contributed by atoms with Gasteiger partial charge in [-0.15, -0.1) is 0 Å². The zero-order chi connectivity index (χ0) is 15.6. The maximum Gasteiger partial charge on any atom is 0.376 e. The summed E-state index contributed by atoms with van der Waals surface area (Å²) in [4.78, 5) is 15.1. The molecule has 2 aromatic rings. The lowest BCUT2D eigenvalue weighted by Crippen LogP contribution is -2.06. The first-order chi connectivity index (χ1) is 9.93. The van der Waals surface area contributed by atoms with Crippen molar-refractivity contribution in [2.75, 3.05) is 6.61 Å². The first-order valence-electron chi connectivity index (χ1n) is 5.85. The van der Waals surface area contributed by atoms with Crippen LogP contribution in [-0.2, 0) is 4.74 Å². The SMILES string of the molecule is CCOC(=O)c1oc(-c2cc(Br)ccc2F)nc1C(F)F. The monoisotopic (exact) mass is 363 g/mol. The minimum atomic E-state index is -3.04. The fraction of sp³-hybridized carbons (Fsp3) is 0.231. The number of halogens is 4. The topological polar surface area (TPSA) is 52.3 Å². The molecule has 0 radical (unpaired) electrons. The van der Waals surface area contributed by atoms with E-state index >= 15 is 0 Å². The molecule has 0 N–H and O–H groups in total. The average Bonchev–Trinajstić information content (AvgIpc) is 2.87. The Morgan fingerprint density at radius 2 is 2.19 bits per heavy atom. The van der Waals surface area contributed by atoms with Gasteiger partial charge in [0.15, 0.2) is 5.69 Å². The van der Waals surface area contributed by atoms with E-state index in [0.29, 0.717) is 4.47 Å². The minimum Gasteiger partial charge on any atom is -0.460 e. The summed E-state index contributed by atoms with van der Waals surface area (Å²) in [6, 6.07) is 3.86. The van der Waals surface area contributed by atoms with E-state index < -0.39 is 35.6 Å². The Bertz CT molecular complexity index is 673. The normalized spacial score (nSPS) is 11.0. The molecule has 8 heteroatoms. The molecule has 1 aromatic carbocycles. The summed E-state index contributed by atoms with van der Waals surface area (Å²) in [7, 11) is 0. The van der Waals surface area contributed by atoms with Gasteiger partial charge in [-0.25, -0.2) is 22.9 Å². The molecule has 0 aliphatic heterocycles. The number of hydrogen-bond acceptors (Lipinski definition) is 4. The molecular formula is C13H9BrF3NO3. The van der Waals surface area contributed by atoms with Gasteiger partial charge in [-0.1, -0.05) is 15.9 Å². The highest BCUT2D eigenvalue weighted by atomic mass is 79.9. The molecule has 1 heterocycles. The lowest BCUT2D eigenvalue weighted by molar-refractivity contribution is 0.0476. The maximum absolute atomic E-state index is 13.7. The van der Waals surface area contributed by atoms with Gasteiger partial charge in [-0.05, 0) is 25.1 Å². The van der Waals surface area contributed by atoms with E-state index in [9.17, 15) is 18.0 Å². The quantitative estimate of drug-likeness (QED) is 0.757. The molecule has 0 bridgehead atoms.